The average Bonchev–Trinajstić information content (AvgIpc) is 1.65. The van der Waals surface area contributed by atoms with Crippen LogP contribution in [0.5, 0.6) is 0 Å². The first-order chi connectivity index (χ1) is 60.3. The molecule has 12 aliphatic rings. The SMILES string of the molecule is CC(C)C1CC2CCC(C1)N2C(C)C.CC(C)C1CC2CCC(C1)N2C(C)C.CC(C)C1CCCN(C(C)C)CC1.CC(C)C1CCN(C(C)C)C(C)C1.CC(C)C1CCN(C(C)C)C1.CC(C)C1CCN(C(C)C)CC1.CC(C)C1CN(C)C(C(C)C)CO1.CC(C)CC1CCN(C(C)C)CC1.CC(C)N1CCN(C(C)C)CC1.CC(C)NC1CCCN(C(C)C)CC1. The molecule has 0 radical (unpaired) electrons. The number of piperidine rings is 5. The van der Waals surface area contributed by atoms with Crippen LogP contribution in [0.1, 0.15) is 425 Å². The number of piperazine rings is 1. The summed E-state index contributed by atoms with van der Waals surface area (Å²) in [6.45, 7) is 117. The van der Waals surface area contributed by atoms with E-state index in [0.29, 0.717) is 36.1 Å². The number of rotatable bonds is 22. The van der Waals surface area contributed by atoms with Crippen LogP contribution in [-0.4, -0.2) is 287 Å². The van der Waals surface area contributed by atoms with Crippen molar-refractivity contribution < 1.29 is 4.74 Å². The fourth-order valence-electron chi connectivity index (χ4n) is 24.5. The molecule has 11 atom stereocenters. The average molecular weight is 1820 g/mol. The van der Waals surface area contributed by atoms with E-state index in [4.69, 9.17) is 4.74 Å². The molecule has 12 fully saturated rings. The Morgan fingerprint density at radius 2 is 0.597 bits per heavy atom. The van der Waals surface area contributed by atoms with Gasteiger partial charge in [-0.25, -0.2) is 0 Å². The Bertz CT molecular complexity index is 2470. The second-order valence-corrected chi connectivity index (χ2v) is 50.6. The van der Waals surface area contributed by atoms with Crippen molar-refractivity contribution in [3.63, 3.8) is 0 Å². The molecule has 0 aromatic carbocycles. The van der Waals surface area contributed by atoms with Gasteiger partial charge in [-0.3, -0.25) is 29.4 Å². The van der Waals surface area contributed by atoms with Gasteiger partial charge in [-0.05, 0) is 454 Å². The van der Waals surface area contributed by atoms with E-state index in [2.05, 4.69) is 350 Å². The van der Waals surface area contributed by atoms with Gasteiger partial charge >= 0.3 is 0 Å². The summed E-state index contributed by atoms with van der Waals surface area (Å²) in [4.78, 5) is 28.8. The fraction of sp³-hybridized carbons (Fsp3) is 1.00. The molecule has 4 bridgehead atoms. The summed E-state index contributed by atoms with van der Waals surface area (Å²) >= 11 is 0. The van der Waals surface area contributed by atoms with E-state index in [9.17, 15) is 0 Å². The zero-order valence-corrected chi connectivity index (χ0v) is 95.6. The number of fused-ring (bicyclic) bond motifs is 4. The highest BCUT2D eigenvalue weighted by Gasteiger charge is 2.44. The van der Waals surface area contributed by atoms with Gasteiger partial charge in [-0.1, -0.05) is 138 Å². The highest BCUT2D eigenvalue weighted by Crippen LogP contribution is 2.44. The lowest BCUT2D eigenvalue weighted by Gasteiger charge is -2.42. The van der Waals surface area contributed by atoms with Crippen LogP contribution in [0.2, 0.25) is 0 Å². The van der Waals surface area contributed by atoms with Crippen LogP contribution >= 0.6 is 0 Å². The summed E-state index contributed by atoms with van der Waals surface area (Å²) in [5.41, 5.74) is 0. The predicted octanol–water partition coefficient (Wildman–Crippen LogP) is 26.8. The number of hydrogen-bond donors (Lipinski definition) is 1. The lowest BCUT2D eigenvalue weighted by atomic mass is 9.82. The largest absolute Gasteiger partial charge is 0.375 e. The number of likely N-dealkylation sites (tertiary alicyclic amines) is 6. The van der Waals surface area contributed by atoms with Gasteiger partial charge < -0.3 is 34.6 Å². The molecule has 12 saturated heterocycles. The van der Waals surface area contributed by atoms with Crippen molar-refractivity contribution >= 4 is 0 Å². The van der Waals surface area contributed by atoms with Gasteiger partial charge in [0.05, 0.1) is 12.7 Å². The Balaban J connectivity index is 0.000000370. The minimum atomic E-state index is 0.431. The lowest BCUT2D eigenvalue weighted by Crippen LogP contribution is -2.51. The van der Waals surface area contributed by atoms with Gasteiger partial charge in [0, 0.05) is 148 Å². The van der Waals surface area contributed by atoms with Crippen molar-refractivity contribution in [2.75, 3.05) is 118 Å². The number of nitrogens with one attached hydrogen (secondary N) is 1. The molecule has 1 N–H and O–H groups in total. The van der Waals surface area contributed by atoms with E-state index in [1.54, 1.807) is 0 Å². The fourth-order valence-corrected chi connectivity index (χ4v) is 24.5. The quantitative estimate of drug-likeness (QED) is 0.112. The summed E-state index contributed by atoms with van der Waals surface area (Å²) in [5, 5.41) is 3.65. The molecule has 129 heavy (non-hydrogen) atoms. The molecule has 11 unspecified atom stereocenters. The zero-order valence-electron chi connectivity index (χ0n) is 95.6. The van der Waals surface area contributed by atoms with Crippen LogP contribution in [0.25, 0.3) is 0 Å². The number of nitrogens with zero attached hydrogens (tertiary/aromatic N) is 11. The second-order valence-electron chi connectivity index (χ2n) is 50.6. The Morgan fingerprint density at radius 3 is 0.899 bits per heavy atom. The summed E-state index contributed by atoms with van der Waals surface area (Å²) in [6, 6.07) is 13.9. The molecule has 0 saturated carbocycles. The van der Waals surface area contributed by atoms with E-state index in [0.717, 1.165) is 187 Å². The van der Waals surface area contributed by atoms with Gasteiger partial charge in [0.25, 0.3) is 0 Å². The normalized spacial score (nSPS) is 28.9. The molecule has 0 aromatic heterocycles. The number of likely N-dealkylation sites (N-methyl/N-ethyl adjacent to an activating group) is 1. The molecule has 12 heterocycles. The molecule has 0 spiro atoms. The van der Waals surface area contributed by atoms with E-state index in [-0.39, 0.29) is 0 Å². The summed E-state index contributed by atoms with van der Waals surface area (Å²) in [5.74, 6) is 14.4. The third kappa shape index (κ3) is 46.2. The van der Waals surface area contributed by atoms with E-state index in [1.165, 1.54) is 239 Å². The molecule has 12 aliphatic heterocycles. The molecule has 770 valence electrons. The van der Waals surface area contributed by atoms with Crippen LogP contribution in [-0.2, 0) is 4.74 Å². The highest BCUT2D eigenvalue weighted by molar-refractivity contribution is 4.99. The second kappa shape index (κ2) is 64.0. The first kappa shape index (κ1) is 123. The Morgan fingerprint density at radius 1 is 0.271 bits per heavy atom. The van der Waals surface area contributed by atoms with Crippen LogP contribution in [0.3, 0.4) is 0 Å². The van der Waals surface area contributed by atoms with Crippen molar-refractivity contribution in [3.05, 3.63) is 0 Å². The first-order valence-electron chi connectivity index (χ1n) is 56.9. The van der Waals surface area contributed by atoms with Crippen LogP contribution < -0.4 is 5.32 Å². The summed E-state index contributed by atoms with van der Waals surface area (Å²) in [6.07, 6.45) is 31.8. The smallest absolute Gasteiger partial charge is 0.0725 e. The minimum absolute atomic E-state index is 0.431. The first-order valence-corrected chi connectivity index (χ1v) is 56.9. The van der Waals surface area contributed by atoms with Crippen molar-refractivity contribution in [2.24, 2.45) is 94.7 Å². The lowest BCUT2D eigenvalue weighted by molar-refractivity contribution is -0.0836. The third-order valence-electron chi connectivity index (χ3n) is 34.0. The Labute approximate surface area is 812 Å². The Kier molecular flexibility index (Phi) is 60.9. The molecule has 12 rings (SSSR count). The number of ether oxygens (including phenoxy) is 1. The standard InChI is InChI=1S/2C13H25N.C12H26N2.3C12H25N.C11H23NO.C11H23N.C10H22N2.C10H21N/c2*1-9(2)11-7-12-5-6-13(8-11)14(12)10(3)4;1-10(2)13-12-6-5-8-14(9-7-12)11(3)4;1-9(2)12-6-7-13(10(3)4)11(5)8-12;1-10(2)9-12-5-7-13(8-6-12)11(3)4;1-10(2)12-6-5-8-13(9-7-12)11(3)4;1-8(2)10-7-13-11(9(3)4)6-12(10)5;2*1-9(2)11-5-7-12(8-6-11)10(3)4;1-8(2)10-5-6-11(7-10)9(3)4/h2*9-13H,5-8H2,1-4H3;10-13H,5-9H2,1-4H3;9-12H,6-8H2,1-5H3;2*10-12H,5-9H2,1-4H3;8-11H,6-7H2,1-5H3;9-11H,5-8H2,1-4H3;9-10H,5-8H2,1-4H3;8-10H,5-7H2,1-4H3. The monoisotopic (exact) mass is 1820 g/mol. The summed E-state index contributed by atoms with van der Waals surface area (Å²) < 4.78 is 5.84. The highest BCUT2D eigenvalue weighted by atomic mass is 16.5. The van der Waals surface area contributed by atoms with E-state index >= 15 is 0 Å². The molecule has 0 amide bonds. The van der Waals surface area contributed by atoms with E-state index < -0.39 is 0 Å². The summed E-state index contributed by atoms with van der Waals surface area (Å²) in [7, 11) is 2.21. The third-order valence-corrected chi connectivity index (χ3v) is 34.0. The van der Waals surface area contributed by atoms with Crippen molar-refractivity contribution in [3.8, 4) is 0 Å². The van der Waals surface area contributed by atoms with Crippen molar-refractivity contribution in [1.29, 1.82) is 0 Å². The molecule has 13 heteroatoms. The molecule has 0 aromatic rings. The minimum Gasteiger partial charge on any atom is -0.375 e. The number of morpholine rings is 1. The molecular weight excluding hydrogens is 1580 g/mol. The zero-order chi connectivity index (χ0) is 97.5. The van der Waals surface area contributed by atoms with Crippen LogP contribution in [0.15, 0.2) is 0 Å². The molecule has 0 aliphatic carbocycles. The van der Waals surface area contributed by atoms with Crippen molar-refractivity contribution in [1.82, 2.24) is 59.2 Å². The van der Waals surface area contributed by atoms with Gasteiger partial charge in [-0.15, -0.1) is 0 Å². The maximum absolute atomic E-state index is 5.84. The van der Waals surface area contributed by atoms with Crippen LogP contribution in [0.4, 0.5) is 0 Å². The molecule has 13 nitrogen and oxygen atoms in total. The maximum atomic E-state index is 5.84. The van der Waals surface area contributed by atoms with E-state index in [1.807, 2.05) is 0 Å². The van der Waals surface area contributed by atoms with Crippen molar-refractivity contribution in [2.45, 2.75) is 540 Å². The Hall–Kier alpha value is -0.520. The number of hydrogen-bond acceptors (Lipinski definition) is 13. The molecular formula is C116H240N12O. The van der Waals surface area contributed by atoms with Gasteiger partial charge in [0.2, 0.25) is 0 Å². The van der Waals surface area contributed by atoms with Crippen LogP contribution in [0, 0.1) is 94.7 Å². The van der Waals surface area contributed by atoms with Gasteiger partial charge in [0.1, 0.15) is 0 Å². The maximum Gasteiger partial charge on any atom is 0.0725 e. The van der Waals surface area contributed by atoms with Gasteiger partial charge in [0.15, 0.2) is 0 Å². The predicted molar refractivity (Wildman–Crippen MR) is 575 cm³/mol. The topological polar surface area (TPSA) is 56.9 Å². The van der Waals surface area contributed by atoms with Gasteiger partial charge in [-0.2, -0.15) is 0 Å².